The number of imidazole rings is 1. The van der Waals surface area contributed by atoms with Gasteiger partial charge < -0.3 is 9.72 Å². The first-order chi connectivity index (χ1) is 15.3. The van der Waals surface area contributed by atoms with Gasteiger partial charge in [0.25, 0.3) is 5.91 Å². The van der Waals surface area contributed by atoms with Gasteiger partial charge in [-0.05, 0) is 43.3 Å². The van der Waals surface area contributed by atoms with Gasteiger partial charge in [-0.1, -0.05) is 12.1 Å². The van der Waals surface area contributed by atoms with Crippen LogP contribution in [-0.4, -0.2) is 38.2 Å². The summed E-state index contributed by atoms with van der Waals surface area (Å²) in [6.45, 7) is 1.42. The fourth-order valence-corrected chi connectivity index (χ4v) is 3.12. The monoisotopic (exact) mass is 443 g/mol. The molecule has 0 spiro atoms. The van der Waals surface area contributed by atoms with Crippen LogP contribution in [0.15, 0.2) is 54.7 Å². The number of nitrogens with zero attached hydrogens (tertiary/aromatic N) is 3. The number of halogens is 3. The van der Waals surface area contributed by atoms with Gasteiger partial charge in [0.15, 0.2) is 5.69 Å². The Balaban J connectivity index is 1.59. The molecular formula is C21H16F3N5O3. The molecule has 0 unspecified atom stereocenters. The van der Waals surface area contributed by atoms with E-state index in [1.165, 1.54) is 31.2 Å². The first-order valence-electron chi connectivity index (χ1n) is 9.47. The van der Waals surface area contributed by atoms with Crippen LogP contribution in [0, 0.1) is 0 Å². The van der Waals surface area contributed by atoms with Crippen molar-refractivity contribution in [1.82, 2.24) is 19.7 Å². The highest BCUT2D eigenvalue weighted by Crippen LogP contribution is 2.34. The summed E-state index contributed by atoms with van der Waals surface area (Å²) in [7, 11) is 0. The van der Waals surface area contributed by atoms with Gasteiger partial charge in [-0.25, -0.2) is 14.5 Å². The van der Waals surface area contributed by atoms with Crippen molar-refractivity contribution in [3.63, 3.8) is 0 Å². The van der Waals surface area contributed by atoms with E-state index >= 15 is 0 Å². The third kappa shape index (κ3) is 4.04. The number of hydrogen-bond acceptors (Lipinski definition) is 5. The summed E-state index contributed by atoms with van der Waals surface area (Å²) in [4.78, 5) is 31.6. The molecule has 2 heterocycles. The SMILES string of the molecule is CCOC(=O)c1cnn(-c2ccc(C(=O)Nc3nc4ccccc4[nH]3)cc2)c1C(F)(F)F. The summed E-state index contributed by atoms with van der Waals surface area (Å²) in [5, 5.41) is 6.31. The molecule has 32 heavy (non-hydrogen) atoms. The van der Waals surface area contributed by atoms with Crippen LogP contribution in [0.4, 0.5) is 19.1 Å². The Kier molecular flexibility index (Phi) is 5.39. The zero-order valence-corrected chi connectivity index (χ0v) is 16.6. The van der Waals surface area contributed by atoms with Crippen LogP contribution in [0.2, 0.25) is 0 Å². The van der Waals surface area contributed by atoms with E-state index in [-0.39, 0.29) is 23.8 Å². The van der Waals surface area contributed by atoms with Crippen molar-refractivity contribution in [3.8, 4) is 5.69 Å². The number of alkyl halides is 3. The third-order valence-corrected chi connectivity index (χ3v) is 4.53. The predicted molar refractivity (Wildman–Crippen MR) is 109 cm³/mol. The average Bonchev–Trinajstić information content (AvgIpc) is 3.38. The molecule has 0 atom stereocenters. The van der Waals surface area contributed by atoms with Gasteiger partial charge in [-0.3, -0.25) is 10.1 Å². The van der Waals surface area contributed by atoms with E-state index in [1.54, 1.807) is 12.1 Å². The highest BCUT2D eigenvalue weighted by atomic mass is 19.4. The molecule has 0 aliphatic heterocycles. The van der Waals surface area contributed by atoms with Crippen molar-refractivity contribution < 1.29 is 27.5 Å². The minimum absolute atomic E-state index is 0.0214. The van der Waals surface area contributed by atoms with E-state index in [2.05, 4.69) is 25.1 Å². The molecule has 164 valence electrons. The van der Waals surface area contributed by atoms with Gasteiger partial charge in [0.1, 0.15) is 5.56 Å². The lowest BCUT2D eigenvalue weighted by Crippen LogP contribution is -2.18. The van der Waals surface area contributed by atoms with Crippen LogP contribution in [0.3, 0.4) is 0 Å². The number of H-pyrrole nitrogens is 1. The molecule has 8 nitrogen and oxygen atoms in total. The molecule has 1 amide bonds. The molecule has 4 aromatic rings. The Morgan fingerprint density at radius 2 is 1.84 bits per heavy atom. The minimum atomic E-state index is -4.85. The van der Waals surface area contributed by atoms with Crippen molar-refractivity contribution >= 4 is 28.9 Å². The number of hydrogen-bond donors (Lipinski definition) is 2. The summed E-state index contributed by atoms with van der Waals surface area (Å²) in [6, 6.07) is 12.5. The summed E-state index contributed by atoms with van der Waals surface area (Å²) in [5.74, 6) is -1.38. The second kappa shape index (κ2) is 8.17. The van der Waals surface area contributed by atoms with Gasteiger partial charge in [0, 0.05) is 5.56 Å². The molecule has 0 saturated heterocycles. The molecule has 2 aromatic carbocycles. The number of rotatable bonds is 5. The fourth-order valence-electron chi connectivity index (χ4n) is 3.12. The lowest BCUT2D eigenvalue weighted by atomic mass is 10.2. The fraction of sp³-hybridized carbons (Fsp3) is 0.143. The van der Waals surface area contributed by atoms with E-state index in [9.17, 15) is 22.8 Å². The van der Waals surface area contributed by atoms with Crippen molar-refractivity contribution in [2.45, 2.75) is 13.1 Å². The van der Waals surface area contributed by atoms with E-state index in [1.807, 2.05) is 12.1 Å². The lowest BCUT2D eigenvalue weighted by molar-refractivity contribution is -0.143. The normalized spacial score (nSPS) is 11.5. The summed E-state index contributed by atoms with van der Waals surface area (Å²) < 4.78 is 46.1. The second-order valence-corrected chi connectivity index (χ2v) is 6.64. The Hall–Kier alpha value is -4.15. The number of nitrogens with one attached hydrogen (secondary N) is 2. The van der Waals surface area contributed by atoms with E-state index < -0.39 is 29.3 Å². The number of amides is 1. The molecule has 11 heteroatoms. The largest absolute Gasteiger partial charge is 0.462 e. The Labute approximate surface area is 179 Å². The maximum absolute atomic E-state index is 13.6. The standard InChI is InChI=1S/C21H16F3N5O3/c1-2-32-19(31)14-11-25-29(17(14)21(22,23)24)13-9-7-12(8-10-13)18(30)28-20-26-15-5-3-4-6-16(15)27-20/h3-11H,2H2,1H3,(H2,26,27,28,30). The highest BCUT2D eigenvalue weighted by molar-refractivity contribution is 6.04. The zero-order valence-electron chi connectivity index (χ0n) is 16.6. The molecule has 2 aromatic heterocycles. The van der Waals surface area contributed by atoms with Gasteiger partial charge in [-0.15, -0.1) is 0 Å². The number of aromatic nitrogens is 4. The maximum atomic E-state index is 13.6. The number of benzene rings is 2. The number of carbonyl (C=O) groups is 2. The Morgan fingerprint density at radius 3 is 2.50 bits per heavy atom. The quantitative estimate of drug-likeness (QED) is 0.450. The Bertz CT molecular complexity index is 1260. The number of esters is 1. The van der Waals surface area contributed by atoms with Crippen molar-refractivity contribution in [1.29, 1.82) is 0 Å². The molecule has 0 saturated carbocycles. The summed E-state index contributed by atoms with van der Waals surface area (Å²) >= 11 is 0. The Morgan fingerprint density at radius 1 is 1.12 bits per heavy atom. The molecule has 0 aliphatic carbocycles. The van der Waals surface area contributed by atoms with E-state index in [0.717, 1.165) is 11.7 Å². The van der Waals surface area contributed by atoms with Crippen LogP contribution in [0.5, 0.6) is 0 Å². The number of anilines is 1. The topological polar surface area (TPSA) is 102 Å². The number of aromatic amines is 1. The zero-order chi connectivity index (χ0) is 22.9. The smallest absolute Gasteiger partial charge is 0.434 e. The van der Waals surface area contributed by atoms with E-state index in [4.69, 9.17) is 0 Å². The molecule has 2 N–H and O–H groups in total. The summed E-state index contributed by atoms with van der Waals surface area (Å²) in [6.07, 6.45) is -4.04. The number of para-hydroxylation sites is 2. The first kappa shape index (κ1) is 21.1. The molecule has 0 fully saturated rings. The van der Waals surface area contributed by atoms with Gasteiger partial charge in [-0.2, -0.15) is 18.3 Å². The van der Waals surface area contributed by atoms with Gasteiger partial charge >= 0.3 is 12.1 Å². The minimum Gasteiger partial charge on any atom is -0.462 e. The van der Waals surface area contributed by atoms with Crippen molar-refractivity contribution in [2.75, 3.05) is 11.9 Å². The van der Waals surface area contributed by atoms with Gasteiger partial charge in [0.05, 0.1) is 29.5 Å². The molecule has 0 radical (unpaired) electrons. The lowest BCUT2D eigenvalue weighted by Gasteiger charge is -2.12. The highest BCUT2D eigenvalue weighted by Gasteiger charge is 2.41. The van der Waals surface area contributed by atoms with E-state index in [0.29, 0.717) is 10.2 Å². The van der Waals surface area contributed by atoms with Crippen LogP contribution in [-0.2, 0) is 10.9 Å². The number of ether oxygens (including phenoxy) is 1. The van der Waals surface area contributed by atoms with Crippen LogP contribution >= 0.6 is 0 Å². The average molecular weight is 443 g/mol. The predicted octanol–water partition coefficient (Wildman–Crippen LogP) is 4.20. The van der Waals surface area contributed by atoms with Gasteiger partial charge in [0.2, 0.25) is 5.95 Å². The first-order valence-corrected chi connectivity index (χ1v) is 9.47. The van der Waals surface area contributed by atoms with Crippen LogP contribution < -0.4 is 5.32 Å². The molecule has 0 aliphatic rings. The molecule has 4 rings (SSSR count). The summed E-state index contributed by atoms with van der Waals surface area (Å²) in [5.41, 5.74) is -0.307. The third-order valence-electron chi connectivity index (χ3n) is 4.53. The molecular weight excluding hydrogens is 427 g/mol. The van der Waals surface area contributed by atoms with Crippen LogP contribution in [0.25, 0.3) is 16.7 Å². The van der Waals surface area contributed by atoms with Crippen molar-refractivity contribution in [3.05, 3.63) is 71.5 Å². The maximum Gasteiger partial charge on any atom is 0.434 e. The number of carbonyl (C=O) groups excluding carboxylic acids is 2. The van der Waals surface area contributed by atoms with Crippen molar-refractivity contribution in [2.24, 2.45) is 0 Å². The second-order valence-electron chi connectivity index (χ2n) is 6.64. The van der Waals surface area contributed by atoms with Crippen LogP contribution in [0.1, 0.15) is 33.3 Å². The number of fused-ring (bicyclic) bond motifs is 1. The molecule has 0 bridgehead atoms.